The van der Waals surface area contributed by atoms with Crippen LogP contribution in [0.5, 0.6) is 5.75 Å². The third kappa shape index (κ3) is 2.86. The van der Waals surface area contributed by atoms with Crippen LogP contribution in [0, 0.1) is 5.92 Å². The summed E-state index contributed by atoms with van der Waals surface area (Å²) in [5.41, 5.74) is 1.20. The molecule has 2 rings (SSSR count). The molecule has 0 amide bonds. The zero-order chi connectivity index (χ0) is 10.7. The molecule has 1 aliphatic heterocycles. The van der Waals surface area contributed by atoms with E-state index in [-0.39, 0.29) is 5.38 Å². The van der Waals surface area contributed by atoms with Gasteiger partial charge in [-0.05, 0) is 30.5 Å². The zero-order valence-electron chi connectivity index (χ0n) is 8.53. The van der Waals surface area contributed by atoms with Gasteiger partial charge >= 0.3 is 0 Å². The topological polar surface area (TPSA) is 29.5 Å². The summed E-state index contributed by atoms with van der Waals surface area (Å²) in [7, 11) is 0. The van der Waals surface area contributed by atoms with Gasteiger partial charge < -0.3 is 9.84 Å². The lowest BCUT2D eigenvalue weighted by atomic mass is 9.94. The van der Waals surface area contributed by atoms with Crippen LogP contribution in [-0.4, -0.2) is 23.7 Å². The highest BCUT2D eigenvalue weighted by atomic mass is 35.5. The molecule has 0 radical (unpaired) electrons. The minimum Gasteiger partial charge on any atom is -0.508 e. The Morgan fingerprint density at radius 2 is 2.07 bits per heavy atom. The van der Waals surface area contributed by atoms with Crippen LogP contribution in [-0.2, 0) is 11.2 Å². The van der Waals surface area contributed by atoms with Crippen molar-refractivity contribution in [2.45, 2.75) is 18.2 Å². The van der Waals surface area contributed by atoms with Crippen LogP contribution in [0.4, 0.5) is 0 Å². The second-order valence-corrected chi connectivity index (χ2v) is 4.57. The Morgan fingerprint density at radius 3 is 2.73 bits per heavy atom. The van der Waals surface area contributed by atoms with Crippen LogP contribution in [0.15, 0.2) is 24.3 Å². The maximum Gasteiger partial charge on any atom is 0.115 e. The molecule has 1 aromatic rings. The molecule has 0 spiro atoms. The van der Waals surface area contributed by atoms with Gasteiger partial charge in [-0.2, -0.15) is 0 Å². The molecule has 1 fully saturated rings. The Hall–Kier alpha value is -0.730. The number of halogens is 1. The highest BCUT2D eigenvalue weighted by Crippen LogP contribution is 2.24. The summed E-state index contributed by atoms with van der Waals surface area (Å²) >= 11 is 6.23. The summed E-state index contributed by atoms with van der Waals surface area (Å²) < 4.78 is 5.41. The number of phenols is 1. The Bertz CT molecular complexity index is 310. The Kier molecular flexibility index (Phi) is 3.49. The molecule has 3 heteroatoms. The number of aromatic hydroxyl groups is 1. The van der Waals surface area contributed by atoms with Crippen molar-refractivity contribution in [1.29, 1.82) is 0 Å². The van der Waals surface area contributed by atoms with E-state index in [1.807, 2.05) is 12.1 Å². The summed E-state index contributed by atoms with van der Waals surface area (Å²) in [6.45, 7) is 1.52. The van der Waals surface area contributed by atoms with E-state index < -0.39 is 0 Å². The third-order valence-corrected chi connectivity index (χ3v) is 3.39. The van der Waals surface area contributed by atoms with E-state index in [1.54, 1.807) is 12.1 Å². The van der Waals surface area contributed by atoms with E-state index in [2.05, 4.69) is 0 Å². The van der Waals surface area contributed by atoms with Crippen molar-refractivity contribution >= 4 is 11.6 Å². The quantitative estimate of drug-likeness (QED) is 0.786. The summed E-state index contributed by atoms with van der Waals surface area (Å²) in [6, 6.07) is 7.30. The summed E-state index contributed by atoms with van der Waals surface area (Å²) in [5.74, 6) is 0.700. The number of phenolic OH excluding ortho intramolecular Hbond substituents is 1. The molecule has 0 saturated carbocycles. The van der Waals surface area contributed by atoms with Crippen LogP contribution in [0.1, 0.15) is 12.0 Å². The SMILES string of the molecule is Oc1ccc(CC2COCCC2Cl)cc1. The molecule has 1 saturated heterocycles. The molecule has 0 aliphatic carbocycles. The third-order valence-electron chi connectivity index (χ3n) is 2.82. The van der Waals surface area contributed by atoms with Crippen molar-refractivity contribution in [2.75, 3.05) is 13.2 Å². The summed E-state index contributed by atoms with van der Waals surface area (Å²) in [5, 5.41) is 9.38. The zero-order valence-corrected chi connectivity index (χ0v) is 9.28. The molecule has 1 heterocycles. The van der Waals surface area contributed by atoms with Gasteiger partial charge in [0.15, 0.2) is 0 Å². The van der Waals surface area contributed by atoms with Crippen LogP contribution in [0.25, 0.3) is 0 Å². The first-order valence-corrected chi connectivity index (χ1v) is 5.69. The second-order valence-electron chi connectivity index (χ2n) is 4.01. The normalized spacial score (nSPS) is 26.5. The molecular formula is C12H15ClO2. The number of hydrogen-bond acceptors (Lipinski definition) is 2. The van der Waals surface area contributed by atoms with E-state index in [9.17, 15) is 0 Å². The Balaban J connectivity index is 1.98. The monoisotopic (exact) mass is 226 g/mol. The first-order chi connectivity index (χ1) is 7.25. The molecule has 15 heavy (non-hydrogen) atoms. The van der Waals surface area contributed by atoms with Gasteiger partial charge in [-0.3, -0.25) is 0 Å². The molecule has 2 atom stereocenters. The standard InChI is InChI=1S/C12H15ClO2/c13-12-5-6-15-8-10(12)7-9-1-3-11(14)4-2-9/h1-4,10,12,14H,5-8H2. The smallest absolute Gasteiger partial charge is 0.115 e. The van der Waals surface area contributed by atoms with E-state index in [4.69, 9.17) is 21.4 Å². The number of benzene rings is 1. The highest BCUT2D eigenvalue weighted by molar-refractivity contribution is 6.20. The number of alkyl halides is 1. The minimum atomic E-state index is 0.215. The highest BCUT2D eigenvalue weighted by Gasteiger charge is 2.23. The lowest BCUT2D eigenvalue weighted by Gasteiger charge is -2.27. The van der Waals surface area contributed by atoms with Crippen LogP contribution in [0.3, 0.4) is 0 Å². The van der Waals surface area contributed by atoms with E-state index in [1.165, 1.54) is 5.56 Å². The minimum absolute atomic E-state index is 0.215. The Labute approximate surface area is 94.8 Å². The van der Waals surface area contributed by atoms with Gasteiger partial charge in [-0.15, -0.1) is 11.6 Å². The van der Waals surface area contributed by atoms with Crippen LogP contribution < -0.4 is 0 Å². The largest absolute Gasteiger partial charge is 0.508 e. The summed E-state index contributed by atoms with van der Waals surface area (Å²) in [4.78, 5) is 0. The lowest BCUT2D eigenvalue weighted by molar-refractivity contribution is 0.0578. The van der Waals surface area contributed by atoms with E-state index in [0.29, 0.717) is 11.7 Å². The van der Waals surface area contributed by atoms with Crippen molar-refractivity contribution in [2.24, 2.45) is 5.92 Å². The lowest BCUT2D eigenvalue weighted by Crippen LogP contribution is -2.29. The number of hydrogen-bond donors (Lipinski definition) is 1. The average Bonchev–Trinajstić information content (AvgIpc) is 2.25. The second kappa shape index (κ2) is 4.86. The van der Waals surface area contributed by atoms with Crippen molar-refractivity contribution < 1.29 is 9.84 Å². The molecule has 2 unspecified atom stereocenters. The van der Waals surface area contributed by atoms with Gasteiger partial charge in [-0.25, -0.2) is 0 Å². The van der Waals surface area contributed by atoms with Gasteiger partial charge in [0.25, 0.3) is 0 Å². The van der Waals surface area contributed by atoms with E-state index in [0.717, 1.165) is 26.1 Å². The fraction of sp³-hybridized carbons (Fsp3) is 0.500. The maximum atomic E-state index is 9.16. The summed E-state index contributed by atoms with van der Waals surface area (Å²) in [6.07, 6.45) is 1.86. The van der Waals surface area contributed by atoms with Gasteiger partial charge in [0.2, 0.25) is 0 Å². The molecule has 1 aliphatic rings. The fourth-order valence-electron chi connectivity index (χ4n) is 1.89. The van der Waals surface area contributed by atoms with E-state index >= 15 is 0 Å². The molecule has 1 aromatic carbocycles. The predicted molar refractivity (Wildman–Crippen MR) is 60.4 cm³/mol. The van der Waals surface area contributed by atoms with Gasteiger partial charge in [0, 0.05) is 17.9 Å². The molecule has 1 N–H and O–H groups in total. The molecular weight excluding hydrogens is 212 g/mol. The molecule has 0 aromatic heterocycles. The molecule has 0 bridgehead atoms. The van der Waals surface area contributed by atoms with Crippen molar-refractivity contribution in [3.05, 3.63) is 29.8 Å². The molecule has 82 valence electrons. The molecule has 2 nitrogen and oxygen atoms in total. The first kappa shape index (κ1) is 10.8. The van der Waals surface area contributed by atoms with Crippen LogP contribution in [0.2, 0.25) is 0 Å². The van der Waals surface area contributed by atoms with Crippen LogP contribution >= 0.6 is 11.6 Å². The fourth-order valence-corrected chi connectivity index (χ4v) is 2.14. The number of rotatable bonds is 2. The van der Waals surface area contributed by atoms with Crippen molar-refractivity contribution in [3.8, 4) is 5.75 Å². The average molecular weight is 227 g/mol. The number of ether oxygens (including phenoxy) is 1. The van der Waals surface area contributed by atoms with Gasteiger partial charge in [0.1, 0.15) is 5.75 Å². The first-order valence-electron chi connectivity index (χ1n) is 5.25. The maximum absolute atomic E-state index is 9.16. The Morgan fingerprint density at radius 1 is 1.33 bits per heavy atom. The predicted octanol–water partition coefficient (Wildman–Crippen LogP) is 2.58. The van der Waals surface area contributed by atoms with Crippen molar-refractivity contribution in [3.63, 3.8) is 0 Å². The van der Waals surface area contributed by atoms with Gasteiger partial charge in [-0.1, -0.05) is 12.1 Å². The van der Waals surface area contributed by atoms with Gasteiger partial charge in [0.05, 0.1) is 6.61 Å². The van der Waals surface area contributed by atoms with Crippen molar-refractivity contribution in [1.82, 2.24) is 0 Å².